The molecule has 7 nitrogen and oxygen atoms in total. The van der Waals surface area contributed by atoms with Crippen LogP contribution in [0.4, 0.5) is 5.82 Å². The number of aromatic amines is 1. The second-order valence-electron chi connectivity index (χ2n) is 6.56. The van der Waals surface area contributed by atoms with Crippen LogP contribution >= 0.6 is 11.8 Å². The predicted molar refractivity (Wildman–Crippen MR) is 93.6 cm³/mol. The third-order valence-corrected chi connectivity index (χ3v) is 6.08. The SMILES string of the molecule is NC(=O)c1[nH]nc2c1C(c1ccc(SC3CCCCC3)o1)CC(=O)N2. The maximum Gasteiger partial charge on any atom is 0.267 e. The summed E-state index contributed by atoms with van der Waals surface area (Å²) < 4.78 is 6.02. The van der Waals surface area contributed by atoms with Crippen LogP contribution in [0.25, 0.3) is 0 Å². The molecule has 0 spiro atoms. The van der Waals surface area contributed by atoms with E-state index in [1.54, 1.807) is 11.8 Å². The first-order valence-electron chi connectivity index (χ1n) is 8.56. The topological polar surface area (TPSA) is 114 Å². The molecule has 4 rings (SSSR count). The average molecular weight is 360 g/mol. The van der Waals surface area contributed by atoms with Crippen molar-refractivity contribution in [2.24, 2.45) is 5.73 Å². The number of carbonyl (C=O) groups excluding carboxylic acids is 2. The predicted octanol–water partition coefficient (Wildman–Crippen LogP) is 3.00. The number of furan rings is 1. The van der Waals surface area contributed by atoms with E-state index in [4.69, 9.17) is 10.2 Å². The van der Waals surface area contributed by atoms with Crippen LogP contribution < -0.4 is 11.1 Å². The lowest BCUT2D eigenvalue weighted by Gasteiger charge is -2.21. The molecule has 0 radical (unpaired) electrons. The van der Waals surface area contributed by atoms with Crippen LogP contribution in [-0.2, 0) is 4.79 Å². The van der Waals surface area contributed by atoms with Gasteiger partial charge in [0.15, 0.2) is 10.9 Å². The van der Waals surface area contributed by atoms with Crippen LogP contribution in [0.3, 0.4) is 0 Å². The molecule has 3 heterocycles. The van der Waals surface area contributed by atoms with Gasteiger partial charge in [-0.25, -0.2) is 0 Å². The van der Waals surface area contributed by atoms with Crippen molar-refractivity contribution in [2.45, 2.75) is 54.8 Å². The van der Waals surface area contributed by atoms with Crippen molar-refractivity contribution in [3.05, 3.63) is 29.2 Å². The van der Waals surface area contributed by atoms with Crippen LogP contribution in [0.5, 0.6) is 0 Å². The molecule has 0 saturated heterocycles. The summed E-state index contributed by atoms with van der Waals surface area (Å²) >= 11 is 1.76. The Hall–Kier alpha value is -2.22. The maximum atomic E-state index is 12.0. The minimum atomic E-state index is -0.599. The van der Waals surface area contributed by atoms with Gasteiger partial charge < -0.3 is 15.5 Å². The van der Waals surface area contributed by atoms with Gasteiger partial charge in [0.1, 0.15) is 11.5 Å². The Bertz CT molecular complexity index is 807. The van der Waals surface area contributed by atoms with E-state index in [9.17, 15) is 9.59 Å². The van der Waals surface area contributed by atoms with Crippen molar-refractivity contribution in [2.75, 3.05) is 5.32 Å². The summed E-state index contributed by atoms with van der Waals surface area (Å²) in [5, 5.41) is 10.7. The highest BCUT2D eigenvalue weighted by atomic mass is 32.2. The molecule has 1 aliphatic carbocycles. The first-order chi connectivity index (χ1) is 12.1. The number of H-pyrrole nitrogens is 1. The standard InChI is InChI=1S/C17H20N4O3S/c18-16(23)15-14-10(8-12(22)19-17(14)21-20-15)11-6-7-13(24-11)25-9-4-2-1-3-5-9/h6-7,9-10H,1-5,8H2,(H2,18,23)(H2,19,20,21,22). The zero-order valence-corrected chi connectivity index (χ0v) is 14.5. The highest BCUT2D eigenvalue weighted by Gasteiger charge is 2.35. The number of primary amides is 1. The fourth-order valence-electron chi connectivity index (χ4n) is 3.62. The fourth-order valence-corrected chi connectivity index (χ4v) is 4.81. The fraction of sp³-hybridized carbons (Fsp3) is 0.471. The number of fused-ring (bicyclic) bond motifs is 1. The first kappa shape index (κ1) is 16.3. The molecular weight excluding hydrogens is 340 g/mol. The molecule has 1 unspecified atom stereocenters. The van der Waals surface area contributed by atoms with Crippen molar-refractivity contribution < 1.29 is 14.0 Å². The van der Waals surface area contributed by atoms with E-state index in [-0.39, 0.29) is 23.9 Å². The summed E-state index contributed by atoms with van der Waals surface area (Å²) in [6.07, 6.45) is 6.49. The molecule has 2 amide bonds. The van der Waals surface area contributed by atoms with E-state index in [0.717, 1.165) is 5.09 Å². The number of rotatable bonds is 4. The molecular formula is C17H20N4O3S. The van der Waals surface area contributed by atoms with Gasteiger partial charge in [-0.15, -0.1) is 0 Å². The lowest BCUT2D eigenvalue weighted by Crippen LogP contribution is -2.25. The summed E-state index contributed by atoms with van der Waals surface area (Å²) in [6, 6.07) is 3.83. The molecule has 1 aliphatic heterocycles. The molecule has 4 N–H and O–H groups in total. The average Bonchev–Trinajstić information content (AvgIpc) is 3.22. The number of anilines is 1. The Balaban J connectivity index is 1.61. The number of nitrogens with one attached hydrogen (secondary N) is 2. The number of thioether (sulfide) groups is 1. The Kier molecular flexibility index (Phi) is 4.29. The summed E-state index contributed by atoms with van der Waals surface area (Å²) in [6.45, 7) is 0. The Labute approximate surface area is 149 Å². The van der Waals surface area contributed by atoms with E-state index in [1.165, 1.54) is 32.1 Å². The molecule has 132 valence electrons. The largest absolute Gasteiger partial charge is 0.454 e. The lowest BCUT2D eigenvalue weighted by molar-refractivity contribution is -0.116. The lowest BCUT2D eigenvalue weighted by atomic mass is 9.89. The normalized spacial score (nSPS) is 21.0. The summed E-state index contributed by atoms with van der Waals surface area (Å²) in [4.78, 5) is 23.6. The van der Waals surface area contributed by atoms with E-state index in [1.807, 2.05) is 12.1 Å². The maximum absolute atomic E-state index is 12.0. The minimum Gasteiger partial charge on any atom is -0.454 e. The number of aromatic nitrogens is 2. The number of hydrogen-bond acceptors (Lipinski definition) is 5. The number of amides is 2. The van der Waals surface area contributed by atoms with Crippen molar-refractivity contribution in [1.29, 1.82) is 0 Å². The molecule has 1 saturated carbocycles. The van der Waals surface area contributed by atoms with E-state index in [2.05, 4.69) is 15.5 Å². The molecule has 2 aliphatic rings. The molecule has 0 bridgehead atoms. The molecule has 8 heteroatoms. The van der Waals surface area contributed by atoms with E-state index in [0.29, 0.717) is 22.4 Å². The highest BCUT2D eigenvalue weighted by molar-refractivity contribution is 7.99. The Morgan fingerprint density at radius 2 is 2.08 bits per heavy atom. The monoisotopic (exact) mass is 360 g/mol. The minimum absolute atomic E-state index is 0.155. The van der Waals surface area contributed by atoms with Gasteiger partial charge in [-0.1, -0.05) is 31.0 Å². The second kappa shape index (κ2) is 6.59. The van der Waals surface area contributed by atoms with Gasteiger partial charge >= 0.3 is 0 Å². The van der Waals surface area contributed by atoms with Crippen LogP contribution in [0, 0.1) is 0 Å². The van der Waals surface area contributed by atoms with Crippen LogP contribution in [-0.4, -0.2) is 27.3 Å². The van der Waals surface area contributed by atoms with Gasteiger partial charge in [-0.3, -0.25) is 14.7 Å². The van der Waals surface area contributed by atoms with Gasteiger partial charge in [0, 0.05) is 17.2 Å². The summed E-state index contributed by atoms with van der Waals surface area (Å²) in [7, 11) is 0. The van der Waals surface area contributed by atoms with Crippen molar-refractivity contribution in [3.63, 3.8) is 0 Å². The number of nitrogens with two attached hydrogens (primary N) is 1. The number of nitrogens with zero attached hydrogens (tertiary/aromatic N) is 1. The van der Waals surface area contributed by atoms with Gasteiger partial charge in [-0.2, -0.15) is 5.10 Å². The van der Waals surface area contributed by atoms with Crippen molar-refractivity contribution in [1.82, 2.24) is 10.2 Å². The quantitative estimate of drug-likeness (QED) is 0.775. The zero-order chi connectivity index (χ0) is 17.4. The molecule has 25 heavy (non-hydrogen) atoms. The summed E-state index contributed by atoms with van der Waals surface area (Å²) in [5.74, 6) is -0.0897. The smallest absolute Gasteiger partial charge is 0.267 e. The number of hydrogen-bond donors (Lipinski definition) is 3. The zero-order valence-electron chi connectivity index (χ0n) is 13.7. The Morgan fingerprint density at radius 1 is 1.28 bits per heavy atom. The first-order valence-corrected chi connectivity index (χ1v) is 9.44. The molecule has 0 aromatic carbocycles. The van der Waals surface area contributed by atoms with Gasteiger partial charge in [-0.05, 0) is 25.0 Å². The molecule has 2 aromatic rings. The van der Waals surface area contributed by atoms with Gasteiger partial charge in [0.05, 0.1) is 5.92 Å². The van der Waals surface area contributed by atoms with Crippen molar-refractivity contribution in [3.8, 4) is 0 Å². The number of carbonyl (C=O) groups is 2. The molecule has 2 aromatic heterocycles. The van der Waals surface area contributed by atoms with Gasteiger partial charge in [0.25, 0.3) is 5.91 Å². The van der Waals surface area contributed by atoms with Crippen LogP contribution in [0.1, 0.15) is 66.3 Å². The van der Waals surface area contributed by atoms with Crippen molar-refractivity contribution >= 4 is 29.4 Å². The molecule has 1 fully saturated rings. The third-order valence-electron chi connectivity index (χ3n) is 4.83. The Morgan fingerprint density at radius 3 is 2.84 bits per heavy atom. The van der Waals surface area contributed by atoms with E-state index >= 15 is 0 Å². The van der Waals surface area contributed by atoms with Crippen LogP contribution in [0.2, 0.25) is 0 Å². The highest BCUT2D eigenvalue weighted by Crippen LogP contribution is 2.41. The molecule has 1 atom stereocenters. The second-order valence-corrected chi connectivity index (χ2v) is 7.87. The van der Waals surface area contributed by atoms with Gasteiger partial charge in [0.2, 0.25) is 5.91 Å². The summed E-state index contributed by atoms with van der Waals surface area (Å²) in [5.41, 5.74) is 6.26. The van der Waals surface area contributed by atoms with E-state index < -0.39 is 5.91 Å². The van der Waals surface area contributed by atoms with Crippen LogP contribution in [0.15, 0.2) is 21.6 Å². The third kappa shape index (κ3) is 3.18.